The predicted octanol–water partition coefficient (Wildman–Crippen LogP) is 2.36. The number of hydrogen-bond donors (Lipinski definition) is 1. The maximum atomic E-state index is 11.8. The summed E-state index contributed by atoms with van der Waals surface area (Å²) in [6, 6.07) is 8.00. The Morgan fingerprint density at radius 3 is 2.15 bits per heavy atom. The van der Waals surface area contributed by atoms with Crippen LogP contribution in [0.3, 0.4) is 0 Å². The molecule has 5 heteroatoms. The molecule has 0 atom stereocenters. The highest BCUT2D eigenvalue weighted by Gasteiger charge is 2.15. The van der Waals surface area contributed by atoms with Crippen LogP contribution in [0, 0.1) is 0 Å². The van der Waals surface area contributed by atoms with E-state index in [1.807, 2.05) is 18.2 Å². The first-order valence-electron chi connectivity index (χ1n) is 7.18. The van der Waals surface area contributed by atoms with E-state index >= 15 is 0 Å². The van der Waals surface area contributed by atoms with Crippen molar-refractivity contribution in [3.05, 3.63) is 35.4 Å². The van der Waals surface area contributed by atoms with Crippen molar-refractivity contribution in [2.24, 2.45) is 0 Å². The van der Waals surface area contributed by atoms with Crippen molar-refractivity contribution >= 4 is 10.0 Å². The molecule has 0 aliphatic rings. The predicted molar refractivity (Wildman–Crippen MR) is 84.0 cm³/mol. The van der Waals surface area contributed by atoms with Gasteiger partial charge in [0.1, 0.15) is 0 Å². The fourth-order valence-electron chi connectivity index (χ4n) is 1.92. The van der Waals surface area contributed by atoms with Crippen LogP contribution in [0.1, 0.15) is 38.8 Å². The standard InChI is InChI=1S/C15H26N2O2S/c1-5-17(6-2)12-15-10-8-7-9-14(15)11-16-20(18,19)13(3)4/h7-10,13,16H,5-6,11-12H2,1-4H3. The lowest BCUT2D eigenvalue weighted by Gasteiger charge is -2.20. The van der Waals surface area contributed by atoms with Gasteiger partial charge in [-0.15, -0.1) is 0 Å². The molecule has 0 heterocycles. The highest BCUT2D eigenvalue weighted by Crippen LogP contribution is 2.12. The number of benzene rings is 1. The Morgan fingerprint density at radius 2 is 1.65 bits per heavy atom. The van der Waals surface area contributed by atoms with Crippen molar-refractivity contribution in [1.82, 2.24) is 9.62 Å². The second-order valence-electron chi connectivity index (χ2n) is 5.14. The largest absolute Gasteiger partial charge is 0.300 e. The van der Waals surface area contributed by atoms with Crippen LogP contribution in [0.25, 0.3) is 0 Å². The SMILES string of the molecule is CCN(CC)Cc1ccccc1CNS(=O)(=O)C(C)C. The molecule has 1 N–H and O–H groups in total. The lowest BCUT2D eigenvalue weighted by Crippen LogP contribution is -2.31. The summed E-state index contributed by atoms with van der Waals surface area (Å²) in [7, 11) is -3.22. The molecule has 0 aliphatic carbocycles. The first-order valence-corrected chi connectivity index (χ1v) is 8.73. The fraction of sp³-hybridized carbons (Fsp3) is 0.600. The summed E-state index contributed by atoms with van der Waals surface area (Å²) in [5, 5.41) is -0.405. The van der Waals surface area contributed by atoms with Gasteiger partial charge in [-0.3, -0.25) is 4.90 Å². The summed E-state index contributed by atoms with van der Waals surface area (Å²) < 4.78 is 26.3. The number of rotatable bonds is 8. The molecule has 0 aliphatic heterocycles. The summed E-state index contributed by atoms with van der Waals surface area (Å²) in [5.74, 6) is 0. The molecule has 1 rings (SSSR count). The summed E-state index contributed by atoms with van der Waals surface area (Å²) in [5.41, 5.74) is 2.23. The smallest absolute Gasteiger partial charge is 0.214 e. The topological polar surface area (TPSA) is 49.4 Å². The van der Waals surface area contributed by atoms with Gasteiger partial charge in [-0.05, 0) is 38.1 Å². The van der Waals surface area contributed by atoms with E-state index in [1.54, 1.807) is 13.8 Å². The molecule has 1 aromatic carbocycles. The van der Waals surface area contributed by atoms with Crippen molar-refractivity contribution in [2.75, 3.05) is 13.1 Å². The Labute approximate surface area is 123 Å². The molecule has 0 fully saturated rings. The van der Waals surface area contributed by atoms with Gasteiger partial charge >= 0.3 is 0 Å². The number of nitrogens with one attached hydrogen (secondary N) is 1. The van der Waals surface area contributed by atoms with E-state index in [9.17, 15) is 8.42 Å². The van der Waals surface area contributed by atoms with Crippen molar-refractivity contribution in [2.45, 2.75) is 46.0 Å². The second-order valence-corrected chi connectivity index (χ2v) is 7.47. The third-order valence-electron chi connectivity index (χ3n) is 3.49. The minimum absolute atomic E-state index is 0.359. The van der Waals surface area contributed by atoms with E-state index in [4.69, 9.17) is 0 Å². The molecule has 20 heavy (non-hydrogen) atoms. The molecule has 1 aromatic rings. The average Bonchev–Trinajstić information content (AvgIpc) is 2.43. The van der Waals surface area contributed by atoms with Crippen LogP contribution in [-0.2, 0) is 23.1 Å². The molecular weight excluding hydrogens is 272 g/mol. The summed E-state index contributed by atoms with van der Waals surface area (Å²) in [4.78, 5) is 2.32. The van der Waals surface area contributed by atoms with Crippen LogP contribution in [0.2, 0.25) is 0 Å². The molecule has 0 radical (unpaired) electrons. The van der Waals surface area contributed by atoms with Gasteiger partial charge in [0.15, 0.2) is 0 Å². The van der Waals surface area contributed by atoms with Crippen molar-refractivity contribution < 1.29 is 8.42 Å². The maximum Gasteiger partial charge on any atom is 0.214 e. The zero-order valence-corrected chi connectivity index (χ0v) is 13.7. The minimum atomic E-state index is -3.22. The highest BCUT2D eigenvalue weighted by molar-refractivity contribution is 7.90. The summed E-state index contributed by atoms with van der Waals surface area (Å²) in [6.45, 7) is 10.8. The number of sulfonamides is 1. The van der Waals surface area contributed by atoms with Crippen LogP contribution >= 0.6 is 0 Å². The molecule has 0 aromatic heterocycles. The molecule has 0 saturated heterocycles. The summed E-state index contributed by atoms with van der Waals surface area (Å²) in [6.07, 6.45) is 0. The quantitative estimate of drug-likeness (QED) is 0.801. The van der Waals surface area contributed by atoms with Crippen molar-refractivity contribution in [3.8, 4) is 0 Å². The Morgan fingerprint density at radius 1 is 1.10 bits per heavy atom. The molecule has 0 amide bonds. The zero-order chi connectivity index (χ0) is 15.2. The summed E-state index contributed by atoms with van der Waals surface area (Å²) >= 11 is 0. The monoisotopic (exact) mass is 298 g/mol. The Kier molecular flexibility index (Phi) is 6.65. The fourth-order valence-corrected chi connectivity index (χ4v) is 2.61. The third-order valence-corrected chi connectivity index (χ3v) is 5.28. The first kappa shape index (κ1) is 17.1. The van der Waals surface area contributed by atoms with Crippen molar-refractivity contribution in [3.63, 3.8) is 0 Å². The van der Waals surface area contributed by atoms with Crippen LogP contribution in [-0.4, -0.2) is 31.7 Å². The van der Waals surface area contributed by atoms with Crippen LogP contribution in [0.4, 0.5) is 0 Å². The van der Waals surface area contributed by atoms with Gasteiger partial charge in [0.2, 0.25) is 10.0 Å². The van der Waals surface area contributed by atoms with E-state index in [1.165, 1.54) is 5.56 Å². The number of hydrogen-bond acceptors (Lipinski definition) is 3. The first-order chi connectivity index (χ1) is 9.40. The molecule has 0 spiro atoms. The highest BCUT2D eigenvalue weighted by atomic mass is 32.2. The molecule has 0 bridgehead atoms. The van der Waals surface area contributed by atoms with E-state index < -0.39 is 15.3 Å². The molecule has 0 saturated carbocycles. The van der Waals surface area contributed by atoms with Gasteiger partial charge in [-0.1, -0.05) is 38.1 Å². The van der Waals surface area contributed by atoms with Gasteiger partial charge in [-0.25, -0.2) is 13.1 Å². The molecule has 114 valence electrons. The normalized spacial score (nSPS) is 12.3. The van der Waals surface area contributed by atoms with Crippen molar-refractivity contribution in [1.29, 1.82) is 0 Å². The van der Waals surface area contributed by atoms with E-state index in [2.05, 4.69) is 29.5 Å². The molecule has 4 nitrogen and oxygen atoms in total. The lowest BCUT2D eigenvalue weighted by atomic mass is 10.1. The lowest BCUT2D eigenvalue weighted by molar-refractivity contribution is 0.295. The van der Waals surface area contributed by atoms with Crippen LogP contribution in [0.5, 0.6) is 0 Å². The van der Waals surface area contributed by atoms with E-state index in [-0.39, 0.29) is 0 Å². The van der Waals surface area contributed by atoms with E-state index in [0.717, 1.165) is 25.2 Å². The number of nitrogens with zero attached hydrogens (tertiary/aromatic N) is 1. The van der Waals surface area contributed by atoms with Gasteiger partial charge in [0, 0.05) is 13.1 Å². The van der Waals surface area contributed by atoms with Gasteiger partial charge in [0.25, 0.3) is 0 Å². The second kappa shape index (κ2) is 7.76. The van der Waals surface area contributed by atoms with E-state index in [0.29, 0.717) is 6.54 Å². The minimum Gasteiger partial charge on any atom is -0.300 e. The van der Waals surface area contributed by atoms with Crippen LogP contribution < -0.4 is 4.72 Å². The zero-order valence-electron chi connectivity index (χ0n) is 12.9. The van der Waals surface area contributed by atoms with Gasteiger partial charge < -0.3 is 0 Å². The van der Waals surface area contributed by atoms with Gasteiger partial charge in [-0.2, -0.15) is 0 Å². The Balaban J connectivity index is 2.81. The van der Waals surface area contributed by atoms with Crippen LogP contribution in [0.15, 0.2) is 24.3 Å². The third kappa shape index (κ3) is 4.89. The molecule has 0 unspecified atom stereocenters. The molecular formula is C15H26N2O2S. The maximum absolute atomic E-state index is 11.8. The average molecular weight is 298 g/mol. The van der Waals surface area contributed by atoms with Gasteiger partial charge in [0.05, 0.1) is 5.25 Å². The Hall–Kier alpha value is -0.910. The Bertz CT molecular complexity index is 508.